The second-order valence-electron chi connectivity index (χ2n) is 3.35. The highest BCUT2D eigenvalue weighted by Gasteiger charge is 2.05. The van der Waals surface area contributed by atoms with Crippen molar-refractivity contribution in [1.82, 2.24) is 4.98 Å². The first-order valence-corrected chi connectivity index (χ1v) is 4.83. The minimum absolute atomic E-state index is 0.883. The third kappa shape index (κ3) is 1.31. The number of hydrogen-bond donors (Lipinski definition) is 0. The molecule has 3 rings (SSSR count). The lowest BCUT2D eigenvalue weighted by Gasteiger charge is -2.02. The van der Waals surface area contributed by atoms with Gasteiger partial charge in [-0.05, 0) is 24.3 Å². The average molecular weight is 195 g/mol. The van der Waals surface area contributed by atoms with Crippen LogP contribution in [0.4, 0.5) is 0 Å². The number of rotatable bonds is 1. The summed E-state index contributed by atoms with van der Waals surface area (Å²) >= 11 is 0. The zero-order valence-electron chi connectivity index (χ0n) is 8.05. The number of aromatic nitrogens is 1. The highest BCUT2D eigenvalue weighted by Crippen LogP contribution is 2.27. The van der Waals surface area contributed by atoms with Crippen LogP contribution in [0.2, 0.25) is 0 Å². The van der Waals surface area contributed by atoms with E-state index >= 15 is 0 Å². The van der Waals surface area contributed by atoms with Gasteiger partial charge in [0.05, 0.1) is 11.8 Å². The van der Waals surface area contributed by atoms with Gasteiger partial charge in [0, 0.05) is 17.1 Å². The molecule has 0 saturated carbocycles. The molecule has 72 valence electrons. The normalized spacial score (nSPS) is 10.7. The molecule has 2 heterocycles. The van der Waals surface area contributed by atoms with E-state index in [2.05, 4.69) is 11.1 Å². The molecule has 0 spiro atoms. The van der Waals surface area contributed by atoms with E-state index in [0.29, 0.717) is 0 Å². The van der Waals surface area contributed by atoms with Crippen molar-refractivity contribution in [2.24, 2.45) is 0 Å². The van der Waals surface area contributed by atoms with E-state index < -0.39 is 0 Å². The van der Waals surface area contributed by atoms with Crippen LogP contribution in [0.25, 0.3) is 22.2 Å². The zero-order valence-corrected chi connectivity index (χ0v) is 8.05. The van der Waals surface area contributed by atoms with Gasteiger partial charge in [0.25, 0.3) is 0 Å². The molecule has 2 heteroatoms. The highest BCUT2D eigenvalue weighted by atomic mass is 16.3. The van der Waals surface area contributed by atoms with Crippen LogP contribution in [0, 0.1) is 0 Å². The van der Waals surface area contributed by atoms with Gasteiger partial charge in [-0.2, -0.15) is 0 Å². The number of hydrogen-bond acceptors (Lipinski definition) is 2. The molecule has 0 unspecified atom stereocenters. The van der Waals surface area contributed by atoms with Gasteiger partial charge in [0.2, 0.25) is 0 Å². The van der Waals surface area contributed by atoms with Crippen LogP contribution in [0.5, 0.6) is 0 Å². The Bertz CT molecular complexity index is 579. The molecule has 0 N–H and O–H groups in total. The molecule has 0 aliphatic carbocycles. The standard InChI is InChI=1S/C13H9NO/c1-4-11(13-7-3-9-15-13)10-5-2-8-14-12(10)6-1/h1-9H. The fraction of sp³-hybridized carbons (Fsp3) is 0. The maximum absolute atomic E-state index is 5.40. The Hall–Kier alpha value is -2.09. The van der Waals surface area contributed by atoms with E-state index in [0.717, 1.165) is 22.2 Å². The van der Waals surface area contributed by atoms with Crippen molar-refractivity contribution in [2.45, 2.75) is 0 Å². The molecule has 0 aliphatic rings. The average Bonchev–Trinajstić information content (AvgIpc) is 2.82. The third-order valence-corrected chi connectivity index (χ3v) is 2.43. The van der Waals surface area contributed by atoms with Crippen molar-refractivity contribution in [3.8, 4) is 11.3 Å². The lowest BCUT2D eigenvalue weighted by Crippen LogP contribution is -1.81. The van der Waals surface area contributed by atoms with Crippen molar-refractivity contribution < 1.29 is 4.42 Å². The van der Waals surface area contributed by atoms with Crippen molar-refractivity contribution in [1.29, 1.82) is 0 Å². The van der Waals surface area contributed by atoms with E-state index in [1.165, 1.54) is 0 Å². The minimum Gasteiger partial charge on any atom is -0.464 e. The van der Waals surface area contributed by atoms with Gasteiger partial charge in [-0.1, -0.05) is 18.2 Å². The second kappa shape index (κ2) is 3.24. The van der Waals surface area contributed by atoms with Gasteiger partial charge in [-0.25, -0.2) is 0 Å². The molecule has 0 aliphatic heterocycles. The summed E-state index contributed by atoms with van der Waals surface area (Å²) in [5, 5.41) is 1.12. The number of benzene rings is 1. The van der Waals surface area contributed by atoms with E-state index in [1.807, 2.05) is 36.4 Å². The fourth-order valence-corrected chi connectivity index (χ4v) is 1.75. The predicted octanol–water partition coefficient (Wildman–Crippen LogP) is 3.49. The lowest BCUT2D eigenvalue weighted by molar-refractivity contribution is 0.583. The number of furan rings is 1. The number of nitrogens with zero attached hydrogens (tertiary/aromatic N) is 1. The van der Waals surface area contributed by atoms with Gasteiger partial charge in [-0.15, -0.1) is 0 Å². The summed E-state index contributed by atoms with van der Waals surface area (Å²) in [4.78, 5) is 4.31. The van der Waals surface area contributed by atoms with Crippen LogP contribution in [0.3, 0.4) is 0 Å². The molecule has 0 radical (unpaired) electrons. The summed E-state index contributed by atoms with van der Waals surface area (Å²) < 4.78 is 5.40. The van der Waals surface area contributed by atoms with E-state index in [1.54, 1.807) is 12.5 Å². The first kappa shape index (κ1) is 8.24. The molecule has 15 heavy (non-hydrogen) atoms. The SMILES string of the molecule is c1coc(-c2cccc3ncccc23)c1. The maximum Gasteiger partial charge on any atom is 0.134 e. The summed E-state index contributed by atoms with van der Waals surface area (Å²) in [5.74, 6) is 0.883. The Labute approximate surface area is 87.2 Å². The van der Waals surface area contributed by atoms with Crippen LogP contribution in [-0.2, 0) is 0 Å². The number of pyridine rings is 1. The largest absolute Gasteiger partial charge is 0.464 e. The van der Waals surface area contributed by atoms with Crippen molar-refractivity contribution >= 4 is 10.9 Å². The maximum atomic E-state index is 5.40. The molecule has 0 fully saturated rings. The van der Waals surface area contributed by atoms with E-state index in [9.17, 15) is 0 Å². The molecule has 2 nitrogen and oxygen atoms in total. The van der Waals surface area contributed by atoms with Crippen molar-refractivity contribution in [3.05, 3.63) is 54.9 Å². The Morgan fingerprint density at radius 2 is 1.93 bits per heavy atom. The molecule has 0 bridgehead atoms. The zero-order chi connectivity index (χ0) is 10.1. The van der Waals surface area contributed by atoms with Crippen LogP contribution in [-0.4, -0.2) is 4.98 Å². The Kier molecular flexibility index (Phi) is 1.78. The molecular formula is C13H9NO. The summed E-state index contributed by atoms with van der Waals surface area (Å²) in [7, 11) is 0. The molecule has 2 aromatic heterocycles. The Morgan fingerprint density at radius 1 is 0.933 bits per heavy atom. The van der Waals surface area contributed by atoms with Crippen LogP contribution in [0.1, 0.15) is 0 Å². The van der Waals surface area contributed by atoms with E-state index in [-0.39, 0.29) is 0 Å². The Balaban J connectivity index is 2.36. The summed E-state index contributed by atoms with van der Waals surface area (Å²) in [6.45, 7) is 0. The molecule has 3 aromatic rings. The molecule has 1 aromatic carbocycles. The van der Waals surface area contributed by atoms with Gasteiger partial charge in [0.1, 0.15) is 5.76 Å². The molecule has 0 atom stereocenters. The third-order valence-electron chi connectivity index (χ3n) is 2.43. The topological polar surface area (TPSA) is 26.0 Å². The van der Waals surface area contributed by atoms with Crippen LogP contribution >= 0.6 is 0 Å². The predicted molar refractivity (Wildman–Crippen MR) is 59.4 cm³/mol. The monoisotopic (exact) mass is 195 g/mol. The van der Waals surface area contributed by atoms with Gasteiger partial charge < -0.3 is 4.42 Å². The first-order valence-electron chi connectivity index (χ1n) is 4.83. The summed E-state index contributed by atoms with van der Waals surface area (Å²) in [6, 6.07) is 13.9. The molecular weight excluding hydrogens is 186 g/mol. The molecule has 0 amide bonds. The first-order chi connectivity index (χ1) is 7.45. The minimum atomic E-state index is 0.883. The summed E-state index contributed by atoms with van der Waals surface area (Å²) in [6.07, 6.45) is 3.48. The Morgan fingerprint density at radius 3 is 2.80 bits per heavy atom. The van der Waals surface area contributed by atoms with Gasteiger partial charge >= 0.3 is 0 Å². The summed E-state index contributed by atoms with van der Waals surface area (Å²) in [5.41, 5.74) is 2.08. The quantitative estimate of drug-likeness (QED) is 0.594. The van der Waals surface area contributed by atoms with Gasteiger partial charge in [-0.3, -0.25) is 4.98 Å². The number of fused-ring (bicyclic) bond motifs is 1. The molecule has 0 saturated heterocycles. The second-order valence-corrected chi connectivity index (χ2v) is 3.35. The van der Waals surface area contributed by atoms with Crippen molar-refractivity contribution in [2.75, 3.05) is 0 Å². The van der Waals surface area contributed by atoms with Crippen LogP contribution < -0.4 is 0 Å². The fourth-order valence-electron chi connectivity index (χ4n) is 1.75. The smallest absolute Gasteiger partial charge is 0.134 e. The van der Waals surface area contributed by atoms with Gasteiger partial charge in [0.15, 0.2) is 0 Å². The van der Waals surface area contributed by atoms with E-state index in [4.69, 9.17) is 4.42 Å². The van der Waals surface area contributed by atoms with Crippen molar-refractivity contribution in [3.63, 3.8) is 0 Å². The highest BCUT2D eigenvalue weighted by molar-refractivity contribution is 5.92. The van der Waals surface area contributed by atoms with Crippen LogP contribution in [0.15, 0.2) is 59.3 Å². The lowest BCUT2D eigenvalue weighted by atomic mass is 10.1.